The van der Waals surface area contributed by atoms with Crippen LogP contribution in [0.1, 0.15) is 27.2 Å². The Morgan fingerprint density at radius 3 is 2.27 bits per heavy atom. The van der Waals surface area contributed by atoms with Gasteiger partial charge in [0.05, 0.1) is 12.5 Å². The zero-order valence-electron chi connectivity index (χ0n) is 16.3. The summed E-state index contributed by atoms with van der Waals surface area (Å²) in [5, 5.41) is 6.36. The molecule has 0 saturated heterocycles. The highest BCUT2D eigenvalue weighted by Crippen LogP contribution is 2.19. The van der Waals surface area contributed by atoms with Gasteiger partial charge in [-0.05, 0) is 66.9 Å². The van der Waals surface area contributed by atoms with Gasteiger partial charge in [-0.2, -0.15) is 5.10 Å². The van der Waals surface area contributed by atoms with E-state index < -0.39 is 17.8 Å². The van der Waals surface area contributed by atoms with Crippen molar-refractivity contribution in [3.05, 3.63) is 83.3 Å². The number of ether oxygens (including phenoxy) is 1. The lowest BCUT2D eigenvalue weighted by Gasteiger charge is -2.10. The lowest BCUT2D eigenvalue weighted by atomic mass is 10.1. The van der Waals surface area contributed by atoms with Crippen LogP contribution in [-0.4, -0.2) is 24.0 Å². The van der Waals surface area contributed by atoms with Gasteiger partial charge in [-0.1, -0.05) is 18.2 Å². The van der Waals surface area contributed by atoms with Crippen molar-refractivity contribution in [1.82, 2.24) is 5.43 Å². The summed E-state index contributed by atoms with van der Waals surface area (Å²) in [6.45, 7) is 3.68. The number of nitrogens with one attached hydrogen (secondary N) is 2. The van der Waals surface area contributed by atoms with Gasteiger partial charge in [0.25, 0.3) is 0 Å². The molecule has 0 spiro atoms. The van der Waals surface area contributed by atoms with E-state index in [4.69, 9.17) is 9.15 Å². The highest BCUT2D eigenvalue weighted by molar-refractivity contribution is 6.39. The van der Waals surface area contributed by atoms with E-state index in [0.29, 0.717) is 17.0 Å². The zero-order chi connectivity index (χ0) is 21.5. The van der Waals surface area contributed by atoms with Crippen LogP contribution in [0.5, 0.6) is 5.75 Å². The molecular formula is C22H19N3O5. The third kappa shape index (κ3) is 5.20. The quantitative estimate of drug-likeness (QED) is 0.223. The normalized spacial score (nSPS) is 10.6. The highest BCUT2D eigenvalue weighted by Gasteiger charge is 2.15. The van der Waals surface area contributed by atoms with E-state index in [2.05, 4.69) is 15.8 Å². The number of hydrazone groups is 1. The summed E-state index contributed by atoms with van der Waals surface area (Å²) in [4.78, 5) is 35.8. The fourth-order valence-electron chi connectivity index (χ4n) is 2.57. The number of rotatable bonds is 5. The van der Waals surface area contributed by atoms with E-state index in [1.54, 1.807) is 30.3 Å². The molecule has 2 amide bonds. The summed E-state index contributed by atoms with van der Waals surface area (Å²) >= 11 is 0. The Hall–Kier alpha value is -4.20. The number of benzene rings is 2. The van der Waals surface area contributed by atoms with Crippen molar-refractivity contribution in [2.75, 3.05) is 5.32 Å². The number of hydrogen-bond donors (Lipinski definition) is 2. The Morgan fingerprint density at radius 1 is 0.933 bits per heavy atom. The van der Waals surface area contributed by atoms with Gasteiger partial charge in [-0.25, -0.2) is 10.2 Å². The molecule has 0 bridgehead atoms. The van der Waals surface area contributed by atoms with Crippen LogP contribution >= 0.6 is 0 Å². The number of amides is 2. The van der Waals surface area contributed by atoms with Crippen molar-refractivity contribution < 1.29 is 23.5 Å². The van der Waals surface area contributed by atoms with Crippen molar-refractivity contribution in [3.8, 4) is 5.75 Å². The van der Waals surface area contributed by atoms with Crippen LogP contribution in [-0.2, 0) is 9.59 Å². The molecule has 30 heavy (non-hydrogen) atoms. The molecule has 2 aromatic carbocycles. The molecular weight excluding hydrogens is 386 g/mol. The number of esters is 1. The predicted molar refractivity (Wildman–Crippen MR) is 110 cm³/mol. The average Bonchev–Trinajstić information content (AvgIpc) is 3.27. The number of carbonyl (C=O) groups is 3. The van der Waals surface area contributed by atoms with Gasteiger partial charge in [0.2, 0.25) is 5.76 Å². The van der Waals surface area contributed by atoms with Crippen molar-refractivity contribution in [2.45, 2.75) is 13.8 Å². The maximum atomic E-state index is 12.1. The lowest BCUT2D eigenvalue weighted by Crippen LogP contribution is -2.32. The highest BCUT2D eigenvalue weighted by atomic mass is 16.5. The van der Waals surface area contributed by atoms with Gasteiger partial charge in [0, 0.05) is 5.69 Å². The third-order valence-corrected chi connectivity index (χ3v) is 4.12. The molecule has 1 heterocycles. The maximum Gasteiger partial charge on any atom is 0.379 e. The van der Waals surface area contributed by atoms with Gasteiger partial charge >= 0.3 is 17.8 Å². The summed E-state index contributed by atoms with van der Waals surface area (Å²) in [7, 11) is 0. The van der Waals surface area contributed by atoms with Crippen LogP contribution in [0.3, 0.4) is 0 Å². The molecule has 0 aliphatic rings. The Morgan fingerprint density at radius 2 is 1.63 bits per heavy atom. The third-order valence-electron chi connectivity index (χ3n) is 4.12. The van der Waals surface area contributed by atoms with E-state index in [1.807, 2.05) is 32.0 Å². The largest absolute Gasteiger partial charge is 0.457 e. The fourth-order valence-corrected chi connectivity index (χ4v) is 2.57. The minimum atomic E-state index is -0.891. The van der Waals surface area contributed by atoms with Gasteiger partial charge < -0.3 is 14.5 Å². The number of carbonyl (C=O) groups excluding carboxylic acids is 3. The minimum Gasteiger partial charge on any atom is -0.457 e. The molecule has 1 aromatic heterocycles. The van der Waals surface area contributed by atoms with Crippen molar-refractivity contribution in [2.24, 2.45) is 5.10 Å². The van der Waals surface area contributed by atoms with Gasteiger partial charge in [0.15, 0.2) is 0 Å². The Labute approximate surface area is 172 Å². The average molecular weight is 405 g/mol. The van der Waals surface area contributed by atoms with E-state index in [1.165, 1.54) is 18.5 Å². The molecule has 0 fully saturated rings. The predicted octanol–water partition coefficient (Wildman–Crippen LogP) is 3.20. The fraction of sp³-hybridized carbons (Fsp3) is 0.0909. The van der Waals surface area contributed by atoms with Gasteiger partial charge in [-0.15, -0.1) is 0 Å². The molecule has 3 aromatic rings. The maximum absolute atomic E-state index is 12.1. The molecule has 2 N–H and O–H groups in total. The van der Waals surface area contributed by atoms with Gasteiger partial charge in [0.1, 0.15) is 5.75 Å². The van der Waals surface area contributed by atoms with Crippen LogP contribution < -0.4 is 15.5 Å². The number of furan rings is 1. The minimum absolute atomic E-state index is 0.0996. The molecule has 152 valence electrons. The second-order valence-corrected chi connectivity index (χ2v) is 6.36. The second-order valence-electron chi connectivity index (χ2n) is 6.36. The first-order chi connectivity index (χ1) is 14.4. The smallest absolute Gasteiger partial charge is 0.379 e. The molecule has 3 rings (SSSR count). The standard InChI is InChI=1S/C22H19N3O5/c1-14-5-3-6-15(2)19(14)24-20(26)21(27)25-23-13-16-8-10-17(11-9-16)30-22(28)18-7-4-12-29-18/h3-13H,1-2H3,(H,24,26)(H,25,27). The Balaban J connectivity index is 1.52. The Bertz CT molecular complexity index is 1070. The lowest BCUT2D eigenvalue weighted by molar-refractivity contribution is -0.136. The van der Waals surface area contributed by atoms with Gasteiger partial charge in [-0.3, -0.25) is 9.59 Å². The first kappa shape index (κ1) is 20.5. The summed E-state index contributed by atoms with van der Waals surface area (Å²) in [5.74, 6) is -1.89. The van der Waals surface area contributed by atoms with E-state index in [0.717, 1.165) is 11.1 Å². The zero-order valence-corrected chi connectivity index (χ0v) is 16.3. The molecule has 0 aliphatic carbocycles. The first-order valence-corrected chi connectivity index (χ1v) is 9.00. The number of aryl methyl sites for hydroxylation is 2. The SMILES string of the molecule is Cc1cccc(C)c1NC(=O)C(=O)NN=Cc1ccc(OC(=O)c2ccco2)cc1. The summed E-state index contributed by atoms with van der Waals surface area (Å²) in [5.41, 5.74) is 5.11. The molecule has 0 aliphatic heterocycles. The Kier molecular flexibility index (Phi) is 6.39. The number of hydrogen-bond acceptors (Lipinski definition) is 6. The number of nitrogens with zero attached hydrogens (tertiary/aromatic N) is 1. The van der Waals surface area contributed by atoms with Crippen molar-refractivity contribution in [3.63, 3.8) is 0 Å². The molecule has 0 atom stereocenters. The van der Waals surface area contributed by atoms with Crippen molar-refractivity contribution >= 4 is 29.7 Å². The van der Waals surface area contributed by atoms with Crippen LogP contribution in [0, 0.1) is 13.8 Å². The van der Waals surface area contributed by atoms with E-state index >= 15 is 0 Å². The monoisotopic (exact) mass is 405 g/mol. The van der Waals surface area contributed by atoms with E-state index in [9.17, 15) is 14.4 Å². The second kappa shape index (κ2) is 9.33. The van der Waals surface area contributed by atoms with Crippen LogP contribution in [0.25, 0.3) is 0 Å². The number of anilines is 1. The summed E-state index contributed by atoms with van der Waals surface area (Å²) in [6.07, 6.45) is 2.75. The van der Waals surface area contributed by atoms with E-state index in [-0.39, 0.29) is 5.76 Å². The van der Waals surface area contributed by atoms with Crippen molar-refractivity contribution in [1.29, 1.82) is 0 Å². The number of para-hydroxylation sites is 1. The van der Waals surface area contributed by atoms with Crippen LogP contribution in [0.2, 0.25) is 0 Å². The first-order valence-electron chi connectivity index (χ1n) is 9.00. The molecule has 8 nitrogen and oxygen atoms in total. The summed E-state index contributed by atoms with van der Waals surface area (Å²) < 4.78 is 10.1. The van der Waals surface area contributed by atoms with Crippen LogP contribution in [0.4, 0.5) is 5.69 Å². The molecule has 0 radical (unpaired) electrons. The molecule has 0 unspecified atom stereocenters. The summed E-state index contributed by atoms with van der Waals surface area (Å²) in [6, 6.07) is 15.1. The molecule has 0 saturated carbocycles. The molecule has 8 heteroatoms. The topological polar surface area (TPSA) is 110 Å². The van der Waals surface area contributed by atoms with Crippen LogP contribution in [0.15, 0.2) is 70.4 Å².